The highest BCUT2D eigenvalue weighted by Gasteiger charge is 2.28. The van der Waals surface area contributed by atoms with Crippen molar-refractivity contribution in [1.82, 2.24) is 0 Å². The number of ether oxygens (including phenoxy) is 2. The maximum Gasteiger partial charge on any atom is 0.414 e. The Morgan fingerprint density at radius 2 is 2.17 bits per heavy atom. The largest absolute Gasteiger partial charge is 0.458 e. The van der Waals surface area contributed by atoms with E-state index in [1.165, 1.54) is 11.3 Å². The van der Waals surface area contributed by atoms with E-state index >= 15 is 0 Å². The van der Waals surface area contributed by atoms with Crippen molar-refractivity contribution < 1.29 is 19.1 Å². The van der Waals surface area contributed by atoms with Crippen molar-refractivity contribution in [3.63, 3.8) is 0 Å². The average molecular weight is 317 g/mol. The lowest BCUT2D eigenvalue weighted by molar-refractivity contribution is 0.000707. The number of anilines is 1. The molecule has 2 aliphatic rings. The van der Waals surface area contributed by atoms with Crippen LogP contribution in [-0.4, -0.2) is 31.3 Å². The summed E-state index contributed by atoms with van der Waals surface area (Å²) >= 11 is 0. The zero-order valence-corrected chi connectivity index (χ0v) is 13.5. The molecule has 124 valence electrons. The number of rotatable bonds is 4. The molecule has 1 aromatic carbocycles. The van der Waals surface area contributed by atoms with Gasteiger partial charge in [0.1, 0.15) is 12.7 Å². The molecule has 1 heterocycles. The number of hydrogen-bond donors (Lipinski definition) is 0. The van der Waals surface area contributed by atoms with Crippen molar-refractivity contribution in [3.8, 4) is 0 Å². The van der Waals surface area contributed by atoms with Crippen molar-refractivity contribution in [2.45, 2.75) is 45.1 Å². The zero-order chi connectivity index (χ0) is 16.2. The molecule has 2 fully saturated rings. The summed E-state index contributed by atoms with van der Waals surface area (Å²) in [6.45, 7) is 3.04. The van der Waals surface area contributed by atoms with Crippen LogP contribution in [0.15, 0.2) is 24.3 Å². The summed E-state index contributed by atoms with van der Waals surface area (Å²) in [7, 11) is 0. The molecule has 0 radical (unpaired) electrons. The maximum absolute atomic E-state index is 12.5. The molecule has 2 atom stereocenters. The third-order valence-corrected chi connectivity index (χ3v) is 4.78. The third kappa shape index (κ3) is 3.49. The second-order valence-electron chi connectivity index (χ2n) is 6.21. The summed E-state index contributed by atoms with van der Waals surface area (Å²) in [5.41, 5.74) is 1.17. The molecule has 1 saturated heterocycles. The molecule has 0 bridgehead atoms. The zero-order valence-electron chi connectivity index (χ0n) is 13.5. The molecule has 3 rings (SSSR count). The molecule has 0 spiro atoms. The van der Waals surface area contributed by atoms with Gasteiger partial charge in [-0.3, -0.25) is 4.90 Å². The van der Waals surface area contributed by atoms with E-state index in [0.29, 0.717) is 30.3 Å². The standard InChI is InChI=1S/C18H23NO4/c1-2-13-6-3-4-9-16(13)23-17(20)14-7-5-8-15(12-14)19-10-11-22-18(19)21/h5,7-8,12-13,16H,2-4,6,9-11H2,1H3. The predicted molar refractivity (Wildman–Crippen MR) is 86.6 cm³/mol. The Morgan fingerprint density at radius 1 is 1.35 bits per heavy atom. The van der Waals surface area contributed by atoms with Gasteiger partial charge in [-0.1, -0.05) is 19.4 Å². The molecule has 1 aromatic rings. The molecule has 2 unspecified atom stereocenters. The number of benzene rings is 1. The van der Waals surface area contributed by atoms with E-state index < -0.39 is 0 Å². The van der Waals surface area contributed by atoms with Crippen molar-refractivity contribution in [3.05, 3.63) is 29.8 Å². The number of carbonyl (C=O) groups is 2. The first-order valence-electron chi connectivity index (χ1n) is 8.44. The second kappa shape index (κ2) is 7.02. The van der Waals surface area contributed by atoms with Crippen molar-refractivity contribution in [2.75, 3.05) is 18.1 Å². The Morgan fingerprint density at radius 3 is 2.91 bits per heavy atom. The smallest absolute Gasteiger partial charge is 0.414 e. The van der Waals surface area contributed by atoms with Gasteiger partial charge in [0.05, 0.1) is 12.1 Å². The molecule has 1 aliphatic carbocycles. The van der Waals surface area contributed by atoms with E-state index in [1.807, 2.05) is 0 Å². The Bertz CT molecular complexity index is 586. The Labute approximate surface area is 136 Å². The lowest BCUT2D eigenvalue weighted by Gasteiger charge is -2.30. The Hall–Kier alpha value is -2.04. The number of nitrogens with zero attached hydrogens (tertiary/aromatic N) is 1. The highest BCUT2D eigenvalue weighted by molar-refractivity contribution is 5.94. The monoisotopic (exact) mass is 317 g/mol. The fourth-order valence-electron chi connectivity index (χ4n) is 3.43. The number of amides is 1. The first-order chi connectivity index (χ1) is 11.2. The summed E-state index contributed by atoms with van der Waals surface area (Å²) in [5.74, 6) is 0.161. The lowest BCUT2D eigenvalue weighted by atomic mass is 9.85. The van der Waals surface area contributed by atoms with E-state index in [2.05, 4.69) is 6.92 Å². The number of cyclic esters (lactones) is 1. The minimum atomic E-state index is -0.367. The highest BCUT2D eigenvalue weighted by Crippen LogP contribution is 2.30. The van der Waals surface area contributed by atoms with E-state index in [-0.39, 0.29) is 18.2 Å². The number of hydrogen-bond acceptors (Lipinski definition) is 4. The molecule has 5 nitrogen and oxygen atoms in total. The number of carbonyl (C=O) groups excluding carboxylic acids is 2. The SMILES string of the molecule is CCC1CCCCC1OC(=O)c1cccc(N2CCOC2=O)c1. The Kier molecular flexibility index (Phi) is 4.84. The van der Waals surface area contributed by atoms with Gasteiger partial charge in [0, 0.05) is 5.69 Å². The normalized spacial score (nSPS) is 24.4. The van der Waals surface area contributed by atoms with Gasteiger partial charge in [-0.25, -0.2) is 9.59 Å². The number of esters is 1. The van der Waals surface area contributed by atoms with E-state index in [0.717, 1.165) is 25.7 Å². The van der Waals surface area contributed by atoms with Gasteiger partial charge in [-0.2, -0.15) is 0 Å². The molecular weight excluding hydrogens is 294 g/mol. The minimum Gasteiger partial charge on any atom is -0.458 e. The highest BCUT2D eigenvalue weighted by atomic mass is 16.6. The molecule has 0 aromatic heterocycles. The maximum atomic E-state index is 12.5. The molecule has 1 amide bonds. The topological polar surface area (TPSA) is 55.8 Å². The van der Waals surface area contributed by atoms with Gasteiger partial charge in [0.2, 0.25) is 0 Å². The molecule has 1 saturated carbocycles. The fourth-order valence-corrected chi connectivity index (χ4v) is 3.43. The van der Waals surface area contributed by atoms with Gasteiger partial charge in [0.25, 0.3) is 0 Å². The molecular formula is C18H23NO4. The quantitative estimate of drug-likeness (QED) is 0.793. The van der Waals surface area contributed by atoms with Crippen molar-refractivity contribution in [1.29, 1.82) is 0 Å². The summed E-state index contributed by atoms with van der Waals surface area (Å²) in [4.78, 5) is 25.6. The van der Waals surface area contributed by atoms with E-state index in [9.17, 15) is 9.59 Å². The van der Waals surface area contributed by atoms with Crippen LogP contribution in [0.25, 0.3) is 0 Å². The lowest BCUT2D eigenvalue weighted by Crippen LogP contribution is -2.30. The van der Waals surface area contributed by atoms with Crippen LogP contribution in [0.3, 0.4) is 0 Å². The minimum absolute atomic E-state index is 0.0154. The summed E-state index contributed by atoms with van der Waals surface area (Å²) in [6.07, 6.45) is 5.11. The molecule has 23 heavy (non-hydrogen) atoms. The van der Waals surface area contributed by atoms with Crippen LogP contribution in [0.5, 0.6) is 0 Å². The van der Waals surface area contributed by atoms with Crippen LogP contribution >= 0.6 is 0 Å². The van der Waals surface area contributed by atoms with Gasteiger partial charge in [-0.15, -0.1) is 0 Å². The molecule has 0 N–H and O–H groups in total. The van der Waals surface area contributed by atoms with Gasteiger partial charge in [-0.05, 0) is 49.8 Å². The van der Waals surface area contributed by atoms with Crippen molar-refractivity contribution >= 4 is 17.7 Å². The van der Waals surface area contributed by atoms with Crippen LogP contribution in [0, 0.1) is 5.92 Å². The van der Waals surface area contributed by atoms with Crippen molar-refractivity contribution in [2.24, 2.45) is 5.92 Å². The van der Waals surface area contributed by atoms with Gasteiger partial charge in [0.15, 0.2) is 0 Å². The molecule has 1 aliphatic heterocycles. The Balaban J connectivity index is 1.71. The summed E-state index contributed by atoms with van der Waals surface area (Å²) in [6, 6.07) is 7.02. The predicted octanol–water partition coefficient (Wildman–Crippen LogP) is 3.77. The third-order valence-electron chi connectivity index (χ3n) is 4.78. The van der Waals surface area contributed by atoms with Crippen LogP contribution < -0.4 is 4.90 Å². The van der Waals surface area contributed by atoms with Gasteiger partial charge >= 0.3 is 12.1 Å². The second-order valence-corrected chi connectivity index (χ2v) is 6.21. The van der Waals surface area contributed by atoms with Crippen LogP contribution in [0.4, 0.5) is 10.5 Å². The fraction of sp³-hybridized carbons (Fsp3) is 0.556. The summed E-state index contributed by atoms with van der Waals surface area (Å²) < 4.78 is 10.7. The van der Waals surface area contributed by atoms with Crippen LogP contribution in [0.1, 0.15) is 49.4 Å². The summed E-state index contributed by atoms with van der Waals surface area (Å²) in [5, 5.41) is 0. The van der Waals surface area contributed by atoms with E-state index in [1.54, 1.807) is 24.3 Å². The van der Waals surface area contributed by atoms with E-state index in [4.69, 9.17) is 9.47 Å². The van der Waals surface area contributed by atoms with Crippen LogP contribution in [0.2, 0.25) is 0 Å². The first-order valence-corrected chi connectivity index (χ1v) is 8.44. The average Bonchev–Trinajstić information content (AvgIpc) is 3.01. The van der Waals surface area contributed by atoms with Crippen LogP contribution in [-0.2, 0) is 9.47 Å². The first kappa shape index (κ1) is 15.8. The van der Waals surface area contributed by atoms with Gasteiger partial charge < -0.3 is 9.47 Å². The molecule has 5 heteroatoms.